The van der Waals surface area contributed by atoms with Gasteiger partial charge >= 0.3 is 0 Å². The molecule has 21 heavy (non-hydrogen) atoms. The van der Waals surface area contributed by atoms with Crippen molar-refractivity contribution in [3.8, 4) is 0 Å². The zero-order chi connectivity index (χ0) is 15.6. The van der Waals surface area contributed by atoms with E-state index >= 15 is 0 Å². The number of pyridine rings is 1. The van der Waals surface area contributed by atoms with Crippen LogP contribution in [-0.4, -0.2) is 21.8 Å². The van der Waals surface area contributed by atoms with Crippen LogP contribution in [0, 0.1) is 22.4 Å². The molecule has 0 aromatic carbocycles. The van der Waals surface area contributed by atoms with Crippen molar-refractivity contribution in [2.45, 2.75) is 39.0 Å². The van der Waals surface area contributed by atoms with Crippen molar-refractivity contribution in [1.29, 1.82) is 5.41 Å². The molecule has 4 N–H and O–H groups in total. The smallest absolute Gasteiger partial charge is 0.288 e. The van der Waals surface area contributed by atoms with Crippen molar-refractivity contribution in [3.63, 3.8) is 0 Å². The molecule has 0 spiro atoms. The van der Waals surface area contributed by atoms with E-state index in [1.54, 1.807) is 6.92 Å². The highest BCUT2D eigenvalue weighted by molar-refractivity contribution is 6.07. The highest BCUT2D eigenvalue weighted by Gasteiger charge is 2.31. The molecule has 1 aliphatic rings. The van der Waals surface area contributed by atoms with Gasteiger partial charge in [-0.1, -0.05) is 6.42 Å². The van der Waals surface area contributed by atoms with E-state index in [0.717, 1.165) is 19.3 Å². The van der Waals surface area contributed by atoms with Gasteiger partial charge in [0.1, 0.15) is 5.56 Å². The molecule has 0 atom stereocenters. The maximum Gasteiger partial charge on any atom is 0.288 e. The third-order valence-corrected chi connectivity index (χ3v) is 3.53. The third-order valence-electron chi connectivity index (χ3n) is 3.53. The molecular formula is C13H17N5O3. The number of hydrogen-bond acceptors (Lipinski definition) is 5. The average molecular weight is 291 g/mol. The fourth-order valence-corrected chi connectivity index (χ4v) is 2.68. The van der Waals surface area contributed by atoms with Crippen LogP contribution in [0.5, 0.6) is 0 Å². The van der Waals surface area contributed by atoms with Gasteiger partial charge in [0.15, 0.2) is 5.96 Å². The van der Waals surface area contributed by atoms with Crippen LogP contribution in [-0.2, 0) is 12.8 Å². The van der Waals surface area contributed by atoms with Crippen molar-refractivity contribution < 1.29 is 9.72 Å². The van der Waals surface area contributed by atoms with Crippen LogP contribution in [0.1, 0.15) is 46.6 Å². The second-order valence-electron chi connectivity index (χ2n) is 5.03. The predicted octanol–water partition coefficient (Wildman–Crippen LogP) is 1.19. The standard InChI is InChI=1S/C13H17N5O3/c1-7-10(12(19)17-13(14)15)11(18(20)21)8-5-3-2-4-6-9(8)16-7/h2-6H2,1H3,(H4,14,15,17,19). The van der Waals surface area contributed by atoms with Gasteiger partial charge in [0.2, 0.25) is 0 Å². The summed E-state index contributed by atoms with van der Waals surface area (Å²) >= 11 is 0. The Kier molecular flexibility index (Phi) is 4.15. The minimum absolute atomic E-state index is 0.101. The van der Waals surface area contributed by atoms with Crippen LogP contribution in [0.3, 0.4) is 0 Å². The molecular weight excluding hydrogens is 274 g/mol. The number of nitro groups is 1. The highest BCUT2D eigenvalue weighted by Crippen LogP contribution is 2.32. The molecule has 2 rings (SSSR count). The van der Waals surface area contributed by atoms with Crippen LogP contribution in [0.25, 0.3) is 0 Å². The summed E-state index contributed by atoms with van der Waals surface area (Å²) in [5.74, 6) is -1.31. The predicted molar refractivity (Wildman–Crippen MR) is 76.3 cm³/mol. The van der Waals surface area contributed by atoms with E-state index in [1.165, 1.54) is 0 Å². The number of carbonyl (C=O) groups is 1. The topological polar surface area (TPSA) is 135 Å². The molecule has 0 saturated heterocycles. The molecule has 1 aromatic heterocycles. The molecule has 1 aromatic rings. The van der Waals surface area contributed by atoms with Crippen molar-refractivity contribution in [3.05, 3.63) is 32.6 Å². The van der Waals surface area contributed by atoms with Gasteiger partial charge in [-0.2, -0.15) is 0 Å². The number of aromatic nitrogens is 1. The molecule has 8 heteroatoms. The van der Waals surface area contributed by atoms with E-state index in [2.05, 4.69) is 10.3 Å². The summed E-state index contributed by atoms with van der Waals surface area (Å²) in [5.41, 5.74) is 6.37. The molecule has 1 amide bonds. The molecule has 0 unspecified atom stereocenters. The summed E-state index contributed by atoms with van der Waals surface area (Å²) in [5, 5.41) is 20.7. The molecule has 1 heterocycles. The van der Waals surface area contributed by atoms with Gasteiger partial charge in [-0.25, -0.2) is 0 Å². The number of guanidine groups is 1. The van der Waals surface area contributed by atoms with Gasteiger partial charge < -0.3 is 5.73 Å². The van der Waals surface area contributed by atoms with Crippen molar-refractivity contribution >= 4 is 17.6 Å². The van der Waals surface area contributed by atoms with E-state index in [-0.39, 0.29) is 11.3 Å². The van der Waals surface area contributed by atoms with Crippen molar-refractivity contribution in [1.82, 2.24) is 10.3 Å². The number of aryl methyl sites for hydroxylation is 2. The summed E-state index contributed by atoms with van der Waals surface area (Å²) < 4.78 is 0. The van der Waals surface area contributed by atoms with Gasteiger partial charge in [-0.3, -0.25) is 30.6 Å². The lowest BCUT2D eigenvalue weighted by Crippen LogP contribution is -2.36. The second-order valence-corrected chi connectivity index (χ2v) is 5.03. The first-order valence-corrected chi connectivity index (χ1v) is 6.74. The average Bonchev–Trinajstić information content (AvgIpc) is 2.60. The van der Waals surface area contributed by atoms with Crippen LogP contribution in [0.15, 0.2) is 0 Å². The minimum atomic E-state index is -0.758. The van der Waals surface area contributed by atoms with E-state index in [4.69, 9.17) is 11.1 Å². The quantitative estimate of drug-likeness (QED) is 0.247. The number of rotatable bonds is 2. The SMILES string of the molecule is Cc1nc2c(c([N+](=O)[O-])c1C(=O)NC(=N)N)CCCCC2. The minimum Gasteiger partial charge on any atom is -0.370 e. The van der Waals surface area contributed by atoms with E-state index in [1.807, 2.05) is 0 Å². The van der Waals surface area contributed by atoms with Crippen LogP contribution in [0.4, 0.5) is 5.69 Å². The Hall–Kier alpha value is -2.51. The van der Waals surface area contributed by atoms with Crippen LogP contribution < -0.4 is 11.1 Å². The van der Waals surface area contributed by atoms with E-state index in [0.29, 0.717) is 29.8 Å². The van der Waals surface area contributed by atoms with E-state index < -0.39 is 16.8 Å². The summed E-state index contributed by atoms with van der Waals surface area (Å²) in [6.07, 6.45) is 3.99. The number of fused-ring (bicyclic) bond motifs is 1. The molecule has 0 radical (unpaired) electrons. The Bertz CT molecular complexity index is 627. The van der Waals surface area contributed by atoms with Gasteiger partial charge in [0.25, 0.3) is 11.6 Å². The first-order valence-electron chi connectivity index (χ1n) is 6.74. The Balaban J connectivity index is 2.64. The molecule has 0 aliphatic heterocycles. The van der Waals surface area contributed by atoms with Crippen LogP contribution >= 0.6 is 0 Å². The lowest BCUT2D eigenvalue weighted by atomic mass is 10.00. The first kappa shape index (κ1) is 14.9. The normalized spacial score (nSPS) is 14.0. The second kappa shape index (κ2) is 5.86. The van der Waals surface area contributed by atoms with Gasteiger partial charge in [0, 0.05) is 0 Å². The van der Waals surface area contributed by atoms with Gasteiger partial charge in [0.05, 0.1) is 21.9 Å². The zero-order valence-electron chi connectivity index (χ0n) is 11.7. The Morgan fingerprint density at radius 2 is 2.05 bits per heavy atom. The Labute approximate surface area is 121 Å². The number of nitrogens with one attached hydrogen (secondary N) is 2. The molecule has 0 fully saturated rings. The fraction of sp³-hybridized carbons (Fsp3) is 0.462. The zero-order valence-corrected chi connectivity index (χ0v) is 11.7. The summed E-state index contributed by atoms with van der Waals surface area (Å²) in [4.78, 5) is 27.4. The monoisotopic (exact) mass is 291 g/mol. The Morgan fingerprint density at radius 1 is 1.38 bits per heavy atom. The van der Waals surface area contributed by atoms with Crippen molar-refractivity contribution in [2.24, 2.45) is 5.73 Å². The summed E-state index contributed by atoms with van der Waals surface area (Å²) in [6, 6.07) is 0. The fourth-order valence-electron chi connectivity index (χ4n) is 2.68. The molecule has 0 bridgehead atoms. The number of hydrogen-bond donors (Lipinski definition) is 3. The van der Waals surface area contributed by atoms with Gasteiger partial charge in [-0.05, 0) is 32.6 Å². The highest BCUT2D eigenvalue weighted by atomic mass is 16.6. The van der Waals surface area contributed by atoms with Gasteiger partial charge in [-0.15, -0.1) is 0 Å². The lowest BCUT2D eigenvalue weighted by Gasteiger charge is -2.12. The number of amides is 1. The molecule has 112 valence electrons. The summed E-state index contributed by atoms with van der Waals surface area (Å²) in [6.45, 7) is 1.56. The summed E-state index contributed by atoms with van der Waals surface area (Å²) in [7, 11) is 0. The number of carbonyl (C=O) groups excluding carboxylic acids is 1. The number of nitrogens with zero attached hydrogens (tertiary/aromatic N) is 2. The maximum absolute atomic E-state index is 12.1. The van der Waals surface area contributed by atoms with Crippen molar-refractivity contribution in [2.75, 3.05) is 0 Å². The lowest BCUT2D eigenvalue weighted by molar-refractivity contribution is -0.386. The third kappa shape index (κ3) is 2.99. The Morgan fingerprint density at radius 3 is 2.67 bits per heavy atom. The molecule has 0 saturated carbocycles. The molecule has 1 aliphatic carbocycles. The first-order chi connectivity index (χ1) is 9.91. The number of nitrogens with two attached hydrogens (primary N) is 1. The maximum atomic E-state index is 12.1. The van der Waals surface area contributed by atoms with Crippen LogP contribution in [0.2, 0.25) is 0 Å². The molecule has 8 nitrogen and oxygen atoms in total. The largest absolute Gasteiger partial charge is 0.370 e. The van der Waals surface area contributed by atoms with E-state index in [9.17, 15) is 14.9 Å².